The van der Waals surface area contributed by atoms with Gasteiger partial charge < -0.3 is 10.2 Å². The first-order valence-electron chi connectivity index (χ1n) is 6.07. The van der Waals surface area contributed by atoms with Crippen LogP contribution in [0.4, 0.5) is 8.78 Å². The molecule has 1 aliphatic heterocycles. The molecule has 2 rings (SSSR count). The molecule has 20 heavy (non-hydrogen) atoms. The number of hydrogen-bond acceptors (Lipinski definition) is 3. The summed E-state index contributed by atoms with van der Waals surface area (Å²) in [7, 11) is 0. The predicted octanol–water partition coefficient (Wildman–Crippen LogP) is 1.67. The number of halogens is 2. The third-order valence-corrected chi connectivity index (χ3v) is 3.91. The second kappa shape index (κ2) is 6.21. The van der Waals surface area contributed by atoms with Crippen LogP contribution in [0.15, 0.2) is 18.2 Å². The summed E-state index contributed by atoms with van der Waals surface area (Å²) in [6.07, 6.45) is 0. The lowest BCUT2D eigenvalue weighted by molar-refractivity contribution is -0.132. The summed E-state index contributed by atoms with van der Waals surface area (Å²) in [5.74, 6) is -0.932. The van der Waals surface area contributed by atoms with E-state index in [4.69, 9.17) is 0 Å². The van der Waals surface area contributed by atoms with Gasteiger partial charge in [0.15, 0.2) is 0 Å². The summed E-state index contributed by atoms with van der Waals surface area (Å²) in [5.41, 5.74) is 0.210. The fraction of sp³-hybridized carbons (Fsp3) is 0.385. The first-order valence-corrected chi connectivity index (χ1v) is 7.22. The molecule has 1 saturated heterocycles. The number of rotatable bonds is 4. The Kier molecular flexibility index (Phi) is 4.59. The zero-order valence-electron chi connectivity index (χ0n) is 10.9. The standard InChI is InChI=1S/C13H14F2N2O2S/c1-8(10-3-2-9(14)4-11(10)15)16-12(18)5-17-7-20-6-13(17)19/h2-4,8H,5-7H2,1H3,(H,16,18)/t8-/m0/s1. The van der Waals surface area contributed by atoms with Crippen molar-refractivity contribution in [3.8, 4) is 0 Å². The molecule has 1 aliphatic rings. The number of nitrogens with one attached hydrogen (secondary N) is 1. The minimum atomic E-state index is -0.703. The van der Waals surface area contributed by atoms with E-state index in [-0.39, 0.29) is 23.9 Å². The van der Waals surface area contributed by atoms with Crippen LogP contribution in [0, 0.1) is 11.6 Å². The molecule has 1 fully saturated rings. The van der Waals surface area contributed by atoms with Crippen LogP contribution in [-0.4, -0.2) is 34.9 Å². The largest absolute Gasteiger partial charge is 0.348 e. The Labute approximate surface area is 119 Å². The molecular formula is C13H14F2N2O2S. The summed E-state index contributed by atoms with van der Waals surface area (Å²) in [4.78, 5) is 24.6. The highest BCUT2D eigenvalue weighted by molar-refractivity contribution is 8.00. The first-order chi connectivity index (χ1) is 9.47. The van der Waals surface area contributed by atoms with Gasteiger partial charge in [-0.15, -0.1) is 11.8 Å². The Balaban J connectivity index is 1.95. The van der Waals surface area contributed by atoms with Gasteiger partial charge in [0.2, 0.25) is 11.8 Å². The zero-order chi connectivity index (χ0) is 14.7. The Hall–Kier alpha value is -1.63. The van der Waals surface area contributed by atoms with Gasteiger partial charge in [-0.1, -0.05) is 6.07 Å². The van der Waals surface area contributed by atoms with Gasteiger partial charge in [-0.2, -0.15) is 0 Å². The fourth-order valence-electron chi connectivity index (χ4n) is 1.93. The molecule has 0 spiro atoms. The number of hydrogen-bond donors (Lipinski definition) is 1. The van der Waals surface area contributed by atoms with E-state index < -0.39 is 17.7 Å². The number of amides is 2. The Morgan fingerprint density at radius 1 is 1.50 bits per heavy atom. The average Bonchev–Trinajstić information content (AvgIpc) is 2.74. The molecule has 7 heteroatoms. The predicted molar refractivity (Wildman–Crippen MR) is 72.0 cm³/mol. The van der Waals surface area contributed by atoms with Crippen molar-refractivity contribution in [3.63, 3.8) is 0 Å². The lowest BCUT2D eigenvalue weighted by Crippen LogP contribution is -2.39. The lowest BCUT2D eigenvalue weighted by Gasteiger charge is -2.18. The third-order valence-electron chi connectivity index (χ3n) is 2.97. The zero-order valence-corrected chi connectivity index (χ0v) is 11.7. The van der Waals surface area contributed by atoms with E-state index in [2.05, 4.69) is 5.32 Å². The summed E-state index contributed by atoms with van der Waals surface area (Å²) in [6, 6.07) is 2.63. The molecule has 108 valence electrons. The third kappa shape index (κ3) is 3.47. The van der Waals surface area contributed by atoms with Gasteiger partial charge in [-0.05, 0) is 13.0 Å². The number of carbonyl (C=O) groups excluding carboxylic acids is 2. The number of nitrogens with zero attached hydrogens (tertiary/aromatic N) is 1. The second-order valence-corrected chi connectivity index (χ2v) is 5.48. The average molecular weight is 300 g/mol. The Bertz CT molecular complexity index is 539. The molecule has 1 aromatic carbocycles. The van der Waals surface area contributed by atoms with Gasteiger partial charge in [-0.3, -0.25) is 9.59 Å². The molecule has 0 unspecified atom stereocenters. The molecule has 0 radical (unpaired) electrons. The maximum atomic E-state index is 13.6. The second-order valence-electron chi connectivity index (χ2n) is 4.52. The van der Waals surface area contributed by atoms with E-state index in [1.54, 1.807) is 6.92 Å². The molecule has 0 aromatic heterocycles. The molecule has 1 heterocycles. The van der Waals surface area contributed by atoms with E-state index in [0.717, 1.165) is 12.1 Å². The van der Waals surface area contributed by atoms with Crippen molar-refractivity contribution in [2.75, 3.05) is 18.2 Å². The molecule has 0 saturated carbocycles. The maximum Gasteiger partial charge on any atom is 0.240 e. The van der Waals surface area contributed by atoms with Crippen molar-refractivity contribution in [1.82, 2.24) is 10.2 Å². The summed E-state index contributed by atoms with van der Waals surface area (Å²) in [6.45, 7) is 1.56. The smallest absolute Gasteiger partial charge is 0.240 e. The van der Waals surface area contributed by atoms with Crippen molar-refractivity contribution in [1.29, 1.82) is 0 Å². The van der Waals surface area contributed by atoms with Gasteiger partial charge in [0, 0.05) is 11.6 Å². The van der Waals surface area contributed by atoms with E-state index in [0.29, 0.717) is 11.6 Å². The van der Waals surface area contributed by atoms with Crippen LogP contribution in [0.25, 0.3) is 0 Å². The van der Waals surface area contributed by atoms with Gasteiger partial charge in [0.25, 0.3) is 0 Å². The lowest BCUT2D eigenvalue weighted by atomic mass is 10.1. The highest BCUT2D eigenvalue weighted by Crippen LogP contribution is 2.18. The minimum Gasteiger partial charge on any atom is -0.348 e. The fourth-order valence-corrected chi connectivity index (χ4v) is 2.84. The van der Waals surface area contributed by atoms with Crippen LogP contribution < -0.4 is 5.32 Å². The maximum absolute atomic E-state index is 13.6. The van der Waals surface area contributed by atoms with E-state index >= 15 is 0 Å². The van der Waals surface area contributed by atoms with Crippen LogP contribution in [0.3, 0.4) is 0 Å². The SMILES string of the molecule is C[C@H](NC(=O)CN1CSCC1=O)c1ccc(F)cc1F. The van der Waals surface area contributed by atoms with Gasteiger partial charge in [-0.25, -0.2) is 8.78 Å². The van der Waals surface area contributed by atoms with E-state index in [1.807, 2.05) is 0 Å². The highest BCUT2D eigenvalue weighted by Gasteiger charge is 2.23. The van der Waals surface area contributed by atoms with Crippen LogP contribution in [-0.2, 0) is 9.59 Å². The first kappa shape index (κ1) is 14.8. The molecular weight excluding hydrogens is 286 g/mol. The quantitative estimate of drug-likeness (QED) is 0.920. The highest BCUT2D eigenvalue weighted by atomic mass is 32.2. The van der Waals surface area contributed by atoms with Crippen molar-refractivity contribution < 1.29 is 18.4 Å². The van der Waals surface area contributed by atoms with Gasteiger partial charge in [0.1, 0.15) is 18.2 Å². The van der Waals surface area contributed by atoms with E-state index in [1.165, 1.54) is 22.7 Å². The number of benzene rings is 1. The van der Waals surface area contributed by atoms with Crippen molar-refractivity contribution in [3.05, 3.63) is 35.4 Å². The normalized spacial score (nSPS) is 16.4. The molecule has 1 N–H and O–H groups in total. The van der Waals surface area contributed by atoms with Crippen molar-refractivity contribution >= 4 is 23.6 Å². The minimum absolute atomic E-state index is 0.0427. The Morgan fingerprint density at radius 3 is 2.85 bits per heavy atom. The Morgan fingerprint density at radius 2 is 2.25 bits per heavy atom. The van der Waals surface area contributed by atoms with Crippen LogP contribution in [0.1, 0.15) is 18.5 Å². The van der Waals surface area contributed by atoms with Crippen LogP contribution in [0.2, 0.25) is 0 Å². The summed E-state index contributed by atoms with van der Waals surface area (Å²) < 4.78 is 26.4. The van der Waals surface area contributed by atoms with Gasteiger partial charge >= 0.3 is 0 Å². The molecule has 0 bridgehead atoms. The monoisotopic (exact) mass is 300 g/mol. The molecule has 0 aliphatic carbocycles. The van der Waals surface area contributed by atoms with Crippen molar-refractivity contribution in [2.45, 2.75) is 13.0 Å². The number of carbonyl (C=O) groups is 2. The molecule has 2 amide bonds. The number of thioether (sulfide) groups is 1. The topological polar surface area (TPSA) is 49.4 Å². The molecule has 4 nitrogen and oxygen atoms in total. The summed E-state index contributed by atoms with van der Waals surface area (Å²) in [5, 5.41) is 2.60. The molecule has 1 aromatic rings. The van der Waals surface area contributed by atoms with E-state index in [9.17, 15) is 18.4 Å². The van der Waals surface area contributed by atoms with Crippen LogP contribution in [0.5, 0.6) is 0 Å². The summed E-state index contributed by atoms with van der Waals surface area (Å²) >= 11 is 1.45. The molecule has 1 atom stereocenters. The van der Waals surface area contributed by atoms with Crippen molar-refractivity contribution in [2.24, 2.45) is 0 Å². The van der Waals surface area contributed by atoms with Gasteiger partial charge in [0.05, 0.1) is 17.7 Å². The van der Waals surface area contributed by atoms with Crippen LogP contribution >= 0.6 is 11.8 Å².